The summed E-state index contributed by atoms with van der Waals surface area (Å²) in [6.45, 7) is 6.99. The molecule has 34 heavy (non-hydrogen) atoms. The van der Waals surface area contributed by atoms with Gasteiger partial charge in [0, 0.05) is 36.6 Å². The van der Waals surface area contributed by atoms with Gasteiger partial charge < -0.3 is 5.11 Å². The minimum atomic E-state index is -0.806. The lowest BCUT2D eigenvalue weighted by Gasteiger charge is -2.44. The molecule has 2 heterocycles. The van der Waals surface area contributed by atoms with E-state index in [2.05, 4.69) is 91.5 Å². The number of para-hydroxylation sites is 1. The molecule has 1 atom stereocenters. The Hall–Kier alpha value is -3.01. The number of aliphatic hydroxyl groups is 1. The third kappa shape index (κ3) is 4.64. The molecular weight excluding hydrogens is 416 g/mol. The molecule has 0 spiro atoms. The quantitative estimate of drug-likeness (QED) is 0.376. The summed E-state index contributed by atoms with van der Waals surface area (Å²) in [7, 11) is 0. The smallest absolute Gasteiger partial charge is 0.0781 e. The third-order valence-corrected chi connectivity index (χ3v) is 7.40. The molecule has 1 unspecified atom stereocenters. The van der Waals surface area contributed by atoms with Crippen LogP contribution < -0.4 is 0 Å². The van der Waals surface area contributed by atoms with Crippen molar-refractivity contribution < 1.29 is 5.11 Å². The Morgan fingerprint density at radius 2 is 1.59 bits per heavy atom. The van der Waals surface area contributed by atoms with E-state index >= 15 is 0 Å². The molecule has 1 saturated heterocycles. The topological polar surface area (TPSA) is 36.4 Å². The lowest BCUT2D eigenvalue weighted by molar-refractivity contribution is -0.0357. The second kappa shape index (κ2) is 9.69. The van der Waals surface area contributed by atoms with E-state index in [1.165, 1.54) is 22.3 Å². The summed E-state index contributed by atoms with van der Waals surface area (Å²) in [5.74, 6) is -0.0951. The molecule has 0 amide bonds. The molecule has 3 nitrogen and oxygen atoms in total. The minimum absolute atomic E-state index is 0.0951. The maximum atomic E-state index is 12.2. The van der Waals surface area contributed by atoms with E-state index < -0.39 is 5.60 Å². The average Bonchev–Trinajstić information content (AvgIpc) is 2.87. The van der Waals surface area contributed by atoms with Gasteiger partial charge in [-0.3, -0.25) is 9.88 Å². The van der Waals surface area contributed by atoms with Gasteiger partial charge in [-0.1, -0.05) is 85.3 Å². The van der Waals surface area contributed by atoms with Crippen molar-refractivity contribution in [2.24, 2.45) is 0 Å². The fourth-order valence-corrected chi connectivity index (χ4v) is 5.47. The highest BCUT2D eigenvalue weighted by Gasteiger charge is 2.42. The summed E-state index contributed by atoms with van der Waals surface area (Å²) in [4.78, 5) is 7.50. The fraction of sp³-hybridized carbons (Fsp3) is 0.323. The van der Waals surface area contributed by atoms with Crippen molar-refractivity contribution in [1.82, 2.24) is 9.88 Å². The Bertz CT molecular complexity index is 1240. The van der Waals surface area contributed by atoms with Crippen molar-refractivity contribution in [3.8, 4) is 0 Å². The maximum absolute atomic E-state index is 12.2. The van der Waals surface area contributed by atoms with E-state index in [4.69, 9.17) is 4.98 Å². The van der Waals surface area contributed by atoms with E-state index in [1.807, 2.05) is 12.1 Å². The number of aryl methyl sites for hydroxylation is 2. The number of nitrogens with zero attached hydrogens (tertiary/aromatic N) is 2. The number of pyridine rings is 1. The van der Waals surface area contributed by atoms with Crippen molar-refractivity contribution >= 4 is 10.9 Å². The van der Waals surface area contributed by atoms with Gasteiger partial charge in [-0.15, -0.1) is 0 Å². The molecule has 4 aromatic rings. The number of piperidine rings is 1. The van der Waals surface area contributed by atoms with Gasteiger partial charge in [-0.05, 0) is 55.0 Å². The van der Waals surface area contributed by atoms with Crippen LogP contribution in [0.3, 0.4) is 0 Å². The predicted molar refractivity (Wildman–Crippen MR) is 140 cm³/mol. The number of likely N-dealkylation sites (tertiary alicyclic amines) is 1. The van der Waals surface area contributed by atoms with Gasteiger partial charge in [0.2, 0.25) is 0 Å². The predicted octanol–water partition coefficient (Wildman–Crippen LogP) is 6.26. The van der Waals surface area contributed by atoms with Gasteiger partial charge in [0.05, 0.1) is 11.1 Å². The SMILES string of the molecule is CCc1nc2ccccc2cc1C(c1ccccc1)C1(O)CCN(Cc2ccc(C)cc2)CC1. The van der Waals surface area contributed by atoms with Gasteiger partial charge in [-0.2, -0.15) is 0 Å². The second-order valence-corrected chi connectivity index (χ2v) is 9.78. The highest BCUT2D eigenvalue weighted by atomic mass is 16.3. The van der Waals surface area contributed by atoms with E-state index in [1.54, 1.807) is 0 Å². The Morgan fingerprint density at radius 3 is 2.29 bits per heavy atom. The van der Waals surface area contributed by atoms with Crippen molar-refractivity contribution in [2.45, 2.75) is 51.2 Å². The zero-order valence-corrected chi connectivity index (χ0v) is 20.2. The van der Waals surface area contributed by atoms with E-state index in [0.29, 0.717) is 0 Å². The van der Waals surface area contributed by atoms with E-state index in [0.717, 1.165) is 55.5 Å². The van der Waals surface area contributed by atoms with Crippen molar-refractivity contribution in [3.63, 3.8) is 0 Å². The fourth-order valence-electron chi connectivity index (χ4n) is 5.47. The molecule has 1 aliphatic heterocycles. The highest BCUT2D eigenvalue weighted by Crippen LogP contribution is 2.43. The van der Waals surface area contributed by atoms with Gasteiger partial charge in [0.25, 0.3) is 0 Å². The van der Waals surface area contributed by atoms with Crippen molar-refractivity contribution in [3.05, 3.63) is 113 Å². The lowest BCUT2D eigenvalue weighted by Crippen LogP contribution is -2.48. The van der Waals surface area contributed by atoms with Crippen LogP contribution in [0.25, 0.3) is 10.9 Å². The molecule has 0 saturated carbocycles. The first-order valence-electron chi connectivity index (χ1n) is 12.5. The molecule has 3 heteroatoms. The standard InChI is InChI=1S/C31H34N2O/c1-3-28-27(21-26-11-7-8-12-29(26)32-28)30(25-9-5-4-6-10-25)31(34)17-19-33(20-18-31)22-24-15-13-23(2)14-16-24/h4-16,21,30,34H,3,17-20,22H2,1-2H3. The first kappa shape index (κ1) is 22.8. The number of fused-ring (bicyclic) bond motifs is 1. The van der Waals surface area contributed by atoms with E-state index in [9.17, 15) is 5.11 Å². The molecule has 5 rings (SSSR count). The normalized spacial score (nSPS) is 17.0. The molecule has 174 valence electrons. The molecule has 1 fully saturated rings. The summed E-state index contributed by atoms with van der Waals surface area (Å²) < 4.78 is 0. The molecule has 3 aromatic carbocycles. The van der Waals surface area contributed by atoms with Crippen LogP contribution in [0.5, 0.6) is 0 Å². The first-order valence-corrected chi connectivity index (χ1v) is 12.5. The number of aromatic nitrogens is 1. The summed E-state index contributed by atoms with van der Waals surface area (Å²) in [6.07, 6.45) is 2.34. The minimum Gasteiger partial charge on any atom is -0.389 e. The first-order chi connectivity index (χ1) is 16.6. The average molecular weight is 451 g/mol. The molecule has 0 radical (unpaired) electrons. The zero-order valence-electron chi connectivity index (χ0n) is 20.2. The lowest BCUT2D eigenvalue weighted by atomic mass is 9.71. The van der Waals surface area contributed by atoms with Crippen LogP contribution in [-0.4, -0.2) is 33.7 Å². The largest absolute Gasteiger partial charge is 0.389 e. The van der Waals surface area contributed by atoms with Gasteiger partial charge in [0.15, 0.2) is 0 Å². The molecule has 1 aliphatic rings. The molecule has 0 aliphatic carbocycles. The summed E-state index contributed by atoms with van der Waals surface area (Å²) in [6, 6.07) is 29.9. The Morgan fingerprint density at radius 1 is 0.912 bits per heavy atom. The highest BCUT2D eigenvalue weighted by molar-refractivity contribution is 5.79. The van der Waals surface area contributed by atoms with Gasteiger partial charge in [0.1, 0.15) is 0 Å². The molecular formula is C31H34N2O. The Labute approximate surface area is 203 Å². The van der Waals surface area contributed by atoms with Crippen LogP contribution in [-0.2, 0) is 13.0 Å². The Kier molecular flexibility index (Phi) is 6.49. The monoisotopic (exact) mass is 450 g/mol. The molecule has 0 bridgehead atoms. The second-order valence-electron chi connectivity index (χ2n) is 9.78. The van der Waals surface area contributed by atoms with Crippen LogP contribution in [0.4, 0.5) is 0 Å². The summed E-state index contributed by atoms with van der Waals surface area (Å²) >= 11 is 0. The Balaban J connectivity index is 1.48. The van der Waals surface area contributed by atoms with Crippen LogP contribution in [0.1, 0.15) is 53.6 Å². The van der Waals surface area contributed by atoms with Crippen LogP contribution in [0.15, 0.2) is 84.9 Å². The van der Waals surface area contributed by atoms with Gasteiger partial charge in [-0.25, -0.2) is 0 Å². The zero-order chi connectivity index (χ0) is 23.5. The van der Waals surface area contributed by atoms with Crippen molar-refractivity contribution in [2.75, 3.05) is 13.1 Å². The summed E-state index contributed by atoms with van der Waals surface area (Å²) in [5.41, 5.74) is 6.27. The van der Waals surface area contributed by atoms with Crippen LogP contribution >= 0.6 is 0 Å². The number of rotatable bonds is 6. The van der Waals surface area contributed by atoms with Crippen LogP contribution in [0, 0.1) is 6.92 Å². The third-order valence-electron chi connectivity index (χ3n) is 7.40. The molecule has 1 N–H and O–H groups in total. The van der Waals surface area contributed by atoms with Gasteiger partial charge >= 0.3 is 0 Å². The van der Waals surface area contributed by atoms with Crippen molar-refractivity contribution in [1.29, 1.82) is 0 Å². The van der Waals surface area contributed by atoms with E-state index in [-0.39, 0.29) is 5.92 Å². The summed E-state index contributed by atoms with van der Waals surface area (Å²) in [5, 5.41) is 13.3. The number of hydrogen-bond donors (Lipinski definition) is 1. The van der Waals surface area contributed by atoms with Crippen LogP contribution in [0.2, 0.25) is 0 Å². The number of benzene rings is 3. The maximum Gasteiger partial charge on any atom is 0.0781 e. The molecule has 1 aromatic heterocycles. The number of hydrogen-bond acceptors (Lipinski definition) is 3.